The largest absolute Gasteiger partial charge is 0.379 e. The molecule has 2 atom stereocenters. The summed E-state index contributed by atoms with van der Waals surface area (Å²) in [5.74, 6) is 0. The molecule has 0 saturated carbocycles. The molecule has 0 radical (unpaired) electrons. The van der Waals surface area contributed by atoms with Gasteiger partial charge in [0.25, 0.3) is 0 Å². The van der Waals surface area contributed by atoms with Crippen LogP contribution in [0.1, 0.15) is 18.1 Å². The molecule has 3 nitrogen and oxygen atoms in total. The number of hydrogen-bond acceptors (Lipinski definition) is 3. The smallest absolute Gasteiger partial charge is 0.0962 e. The lowest BCUT2D eigenvalue weighted by atomic mass is 10.1. The third-order valence-electron chi connectivity index (χ3n) is 2.71. The van der Waals surface area contributed by atoms with E-state index in [9.17, 15) is 0 Å². The van der Waals surface area contributed by atoms with Gasteiger partial charge in [-0.15, -0.1) is 0 Å². The Labute approximate surface area is 104 Å². The molecule has 1 heterocycles. The second kappa shape index (κ2) is 5.77. The van der Waals surface area contributed by atoms with E-state index in [0.29, 0.717) is 13.2 Å². The Hall–Kier alpha value is -0.420. The molecule has 0 bridgehead atoms. The fourth-order valence-corrected chi connectivity index (χ4v) is 2.38. The zero-order valence-electron chi connectivity index (χ0n) is 9.06. The van der Waals surface area contributed by atoms with Gasteiger partial charge >= 0.3 is 0 Å². The van der Waals surface area contributed by atoms with Crippen molar-refractivity contribution in [3.05, 3.63) is 34.3 Å². The molecular formula is C12H16BrNO2. The molecule has 1 saturated heterocycles. The van der Waals surface area contributed by atoms with Crippen molar-refractivity contribution in [3.8, 4) is 0 Å². The maximum atomic E-state index is 5.95. The van der Waals surface area contributed by atoms with Gasteiger partial charge in [0.2, 0.25) is 0 Å². The van der Waals surface area contributed by atoms with Gasteiger partial charge in [0.15, 0.2) is 0 Å². The summed E-state index contributed by atoms with van der Waals surface area (Å²) < 4.78 is 12.3. The van der Waals surface area contributed by atoms with Crippen LogP contribution >= 0.6 is 15.9 Å². The minimum Gasteiger partial charge on any atom is -0.379 e. The van der Waals surface area contributed by atoms with Crippen molar-refractivity contribution in [1.82, 2.24) is 0 Å². The first kappa shape index (κ1) is 12.0. The summed E-state index contributed by atoms with van der Waals surface area (Å²) in [6.07, 6.45) is 1.09. The van der Waals surface area contributed by atoms with E-state index in [-0.39, 0.29) is 12.2 Å². The van der Waals surface area contributed by atoms with Gasteiger partial charge in [-0.3, -0.25) is 0 Å². The molecule has 0 aliphatic carbocycles. The van der Waals surface area contributed by atoms with Gasteiger partial charge in [-0.05, 0) is 18.1 Å². The average molecular weight is 286 g/mol. The number of rotatable bonds is 4. The minimum absolute atomic E-state index is 0.0534. The molecule has 88 valence electrons. The SMILES string of the molecule is NCC(OC1CCOC1)c1ccccc1Br. The molecule has 0 spiro atoms. The number of benzene rings is 1. The van der Waals surface area contributed by atoms with Crippen molar-refractivity contribution in [2.24, 2.45) is 5.73 Å². The van der Waals surface area contributed by atoms with E-state index in [0.717, 1.165) is 23.1 Å². The fraction of sp³-hybridized carbons (Fsp3) is 0.500. The number of nitrogens with two attached hydrogens (primary N) is 1. The molecule has 0 aromatic heterocycles. The topological polar surface area (TPSA) is 44.5 Å². The van der Waals surface area contributed by atoms with E-state index in [2.05, 4.69) is 15.9 Å². The van der Waals surface area contributed by atoms with E-state index in [1.54, 1.807) is 0 Å². The summed E-state index contributed by atoms with van der Waals surface area (Å²) in [6, 6.07) is 8.03. The lowest BCUT2D eigenvalue weighted by molar-refractivity contribution is -0.0128. The summed E-state index contributed by atoms with van der Waals surface area (Å²) in [5, 5.41) is 0. The van der Waals surface area contributed by atoms with Gasteiger partial charge in [-0.1, -0.05) is 34.1 Å². The molecule has 4 heteroatoms. The Morgan fingerprint density at radius 2 is 2.31 bits per heavy atom. The highest BCUT2D eigenvalue weighted by atomic mass is 79.9. The van der Waals surface area contributed by atoms with Crippen molar-refractivity contribution in [3.63, 3.8) is 0 Å². The Morgan fingerprint density at radius 3 is 2.94 bits per heavy atom. The molecule has 16 heavy (non-hydrogen) atoms. The first-order valence-electron chi connectivity index (χ1n) is 5.49. The van der Waals surface area contributed by atoms with Gasteiger partial charge in [0.1, 0.15) is 0 Å². The van der Waals surface area contributed by atoms with Crippen molar-refractivity contribution in [2.75, 3.05) is 19.8 Å². The minimum atomic E-state index is -0.0534. The maximum absolute atomic E-state index is 5.95. The van der Waals surface area contributed by atoms with Crippen LogP contribution in [-0.2, 0) is 9.47 Å². The predicted molar refractivity (Wildman–Crippen MR) is 66.2 cm³/mol. The second-order valence-electron chi connectivity index (χ2n) is 3.87. The lowest BCUT2D eigenvalue weighted by Crippen LogP contribution is -2.23. The first-order valence-corrected chi connectivity index (χ1v) is 6.28. The zero-order valence-corrected chi connectivity index (χ0v) is 10.7. The van der Waals surface area contributed by atoms with Gasteiger partial charge in [0.05, 0.1) is 18.8 Å². The van der Waals surface area contributed by atoms with Crippen molar-refractivity contribution < 1.29 is 9.47 Å². The molecule has 2 unspecified atom stereocenters. The van der Waals surface area contributed by atoms with Crippen LogP contribution in [0.4, 0.5) is 0 Å². The standard InChI is InChI=1S/C12H16BrNO2/c13-11-4-2-1-3-10(11)12(7-14)16-9-5-6-15-8-9/h1-4,9,12H,5-8,14H2. The molecule has 1 aliphatic rings. The van der Waals surface area contributed by atoms with Crippen LogP contribution in [0.5, 0.6) is 0 Å². The van der Waals surface area contributed by atoms with E-state index in [1.807, 2.05) is 24.3 Å². The number of ether oxygens (including phenoxy) is 2. The molecule has 1 fully saturated rings. The van der Waals surface area contributed by atoms with Crippen molar-refractivity contribution in [2.45, 2.75) is 18.6 Å². The summed E-state index contributed by atoms with van der Waals surface area (Å²) >= 11 is 3.52. The Morgan fingerprint density at radius 1 is 1.50 bits per heavy atom. The zero-order chi connectivity index (χ0) is 11.4. The first-order chi connectivity index (χ1) is 7.81. The van der Waals surface area contributed by atoms with Crippen molar-refractivity contribution >= 4 is 15.9 Å². The summed E-state index contributed by atoms with van der Waals surface area (Å²) in [4.78, 5) is 0. The van der Waals surface area contributed by atoms with Gasteiger partial charge < -0.3 is 15.2 Å². The fourth-order valence-electron chi connectivity index (χ4n) is 1.84. The maximum Gasteiger partial charge on any atom is 0.0962 e. The van der Waals surface area contributed by atoms with E-state index in [4.69, 9.17) is 15.2 Å². The average Bonchev–Trinajstić information content (AvgIpc) is 2.80. The number of halogens is 1. The lowest BCUT2D eigenvalue weighted by Gasteiger charge is -2.21. The van der Waals surface area contributed by atoms with Crippen LogP contribution < -0.4 is 5.73 Å². The van der Waals surface area contributed by atoms with Crippen LogP contribution in [0.3, 0.4) is 0 Å². The summed E-state index contributed by atoms with van der Waals surface area (Å²) in [7, 11) is 0. The molecular weight excluding hydrogens is 270 g/mol. The summed E-state index contributed by atoms with van der Waals surface area (Å²) in [5.41, 5.74) is 6.87. The highest BCUT2D eigenvalue weighted by Gasteiger charge is 2.22. The highest BCUT2D eigenvalue weighted by molar-refractivity contribution is 9.10. The van der Waals surface area contributed by atoms with Gasteiger partial charge in [0, 0.05) is 17.6 Å². The molecule has 2 rings (SSSR count). The van der Waals surface area contributed by atoms with Crippen LogP contribution in [0, 0.1) is 0 Å². The molecule has 1 aromatic rings. The molecule has 0 amide bonds. The second-order valence-corrected chi connectivity index (χ2v) is 4.72. The van der Waals surface area contributed by atoms with E-state index in [1.165, 1.54) is 0 Å². The van der Waals surface area contributed by atoms with Gasteiger partial charge in [-0.25, -0.2) is 0 Å². The Balaban J connectivity index is 2.06. The van der Waals surface area contributed by atoms with Crippen LogP contribution in [0.2, 0.25) is 0 Å². The Kier molecular flexibility index (Phi) is 4.35. The highest BCUT2D eigenvalue weighted by Crippen LogP contribution is 2.27. The van der Waals surface area contributed by atoms with Crippen LogP contribution in [0.25, 0.3) is 0 Å². The summed E-state index contributed by atoms with van der Waals surface area (Å²) in [6.45, 7) is 1.96. The van der Waals surface area contributed by atoms with Crippen molar-refractivity contribution in [1.29, 1.82) is 0 Å². The quantitative estimate of drug-likeness (QED) is 0.923. The van der Waals surface area contributed by atoms with Crippen LogP contribution in [-0.4, -0.2) is 25.9 Å². The van der Waals surface area contributed by atoms with Gasteiger partial charge in [-0.2, -0.15) is 0 Å². The number of hydrogen-bond donors (Lipinski definition) is 1. The third-order valence-corrected chi connectivity index (χ3v) is 3.43. The monoisotopic (exact) mass is 285 g/mol. The predicted octanol–water partition coefficient (Wildman–Crippen LogP) is 2.25. The third kappa shape index (κ3) is 2.83. The van der Waals surface area contributed by atoms with Crippen LogP contribution in [0.15, 0.2) is 28.7 Å². The molecule has 2 N–H and O–H groups in total. The Bertz CT molecular complexity index is 340. The van der Waals surface area contributed by atoms with E-state index < -0.39 is 0 Å². The molecule has 1 aliphatic heterocycles. The molecule has 1 aromatic carbocycles. The van der Waals surface area contributed by atoms with E-state index >= 15 is 0 Å². The normalized spacial score (nSPS) is 22.2.